The first-order valence-electron chi connectivity index (χ1n) is 4.12. The van der Waals surface area contributed by atoms with Crippen LogP contribution in [-0.4, -0.2) is 5.12 Å². The Morgan fingerprint density at radius 2 is 2.29 bits per heavy atom. The highest BCUT2D eigenvalue weighted by molar-refractivity contribution is 8.14. The molecule has 0 N–H and O–H groups in total. The van der Waals surface area contributed by atoms with Crippen LogP contribution in [0.15, 0.2) is 47.2 Å². The zero-order chi connectivity index (χ0) is 9.97. The summed E-state index contributed by atoms with van der Waals surface area (Å²) in [4.78, 5) is 12.2. The maximum atomic E-state index is 11.2. The van der Waals surface area contributed by atoms with Crippen LogP contribution in [0.25, 0.3) is 10.1 Å². The molecule has 14 heavy (non-hydrogen) atoms. The molecule has 0 amide bonds. The van der Waals surface area contributed by atoms with E-state index in [1.54, 1.807) is 11.3 Å². The van der Waals surface area contributed by atoms with E-state index in [0.29, 0.717) is 0 Å². The molecule has 0 bridgehead atoms. The van der Waals surface area contributed by atoms with Crippen molar-refractivity contribution in [2.45, 2.75) is 4.90 Å². The fourth-order valence-electron chi connectivity index (χ4n) is 1.20. The molecule has 70 valence electrons. The van der Waals surface area contributed by atoms with Crippen molar-refractivity contribution in [3.05, 3.63) is 42.3 Å². The number of hydrogen-bond acceptors (Lipinski definition) is 3. The molecule has 0 spiro atoms. The number of thiophene rings is 1. The molecule has 0 saturated heterocycles. The molecule has 1 aromatic carbocycles. The van der Waals surface area contributed by atoms with Crippen LogP contribution < -0.4 is 0 Å². The summed E-state index contributed by atoms with van der Waals surface area (Å²) < 4.78 is 1.17. The Labute approximate surface area is 90.4 Å². The molecule has 0 aliphatic rings. The van der Waals surface area contributed by atoms with Gasteiger partial charge in [-0.25, -0.2) is 0 Å². The van der Waals surface area contributed by atoms with Gasteiger partial charge in [-0.1, -0.05) is 18.7 Å². The maximum absolute atomic E-state index is 11.2. The zero-order valence-corrected chi connectivity index (χ0v) is 9.03. The predicted octanol–water partition coefficient (Wildman–Crippen LogP) is 3.71. The Morgan fingerprint density at radius 3 is 3.07 bits per heavy atom. The molecule has 3 heteroatoms. The fraction of sp³-hybridized carbons (Fsp3) is 0. The van der Waals surface area contributed by atoms with Gasteiger partial charge >= 0.3 is 0 Å². The van der Waals surface area contributed by atoms with Crippen LogP contribution in [0.1, 0.15) is 0 Å². The lowest BCUT2D eigenvalue weighted by Gasteiger charge is -1.98. The van der Waals surface area contributed by atoms with Gasteiger partial charge in [0, 0.05) is 9.60 Å². The Morgan fingerprint density at radius 1 is 1.43 bits per heavy atom. The van der Waals surface area contributed by atoms with E-state index in [-0.39, 0.29) is 5.12 Å². The van der Waals surface area contributed by atoms with Crippen molar-refractivity contribution in [1.29, 1.82) is 0 Å². The highest BCUT2D eigenvalue weighted by Gasteiger charge is 2.05. The molecule has 0 fully saturated rings. The van der Waals surface area contributed by atoms with Gasteiger partial charge in [-0.3, -0.25) is 4.79 Å². The maximum Gasteiger partial charge on any atom is 0.216 e. The molecule has 1 nitrogen and oxygen atoms in total. The number of carbonyl (C=O) groups excluding carboxylic acids is 1. The van der Waals surface area contributed by atoms with Crippen LogP contribution in [0.4, 0.5) is 0 Å². The lowest BCUT2D eigenvalue weighted by Crippen LogP contribution is -1.82. The molecule has 1 heterocycles. The average Bonchev–Trinajstić information content (AvgIpc) is 2.66. The van der Waals surface area contributed by atoms with Gasteiger partial charge in [0.25, 0.3) is 0 Å². The molecule has 0 radical (unpaired) electrons. The van der Waals surface area contributed by atoms with Gasteiger partial charge in [-0.15, -0.1) is 11.3 Å². The van der Waals surface area contributed by atoms with Crippen LogP contribution in [0.5, 0.6) is 0 Å². The van der Waals surface area contributed by atoms with Gasteiger partial charge in [0.1, 0.15) is 0 Å². The van der Waals surface area contributed by atoms with E-state index in [1.165, 1.54) is 27.9 Å². The van der Waals surface area contributed by atoms with Crippen LogP contribution >= 0.6 is 23.1 Å². The Balaban J connectivity index is 2.46. The molecular formula is C11H8OS2. The summed E-state index contributed by atoms with van der Waals surface area (Å²) >= 11 is 2.89. The molecular weight excluding hydrogens is 212 g/mol. The number of thioether (sulfide) groups is 1. The smallest absolute Gasteiger partial charge is 0.216 e. The second-order valence-corrected chi connectivity index (χ2v) is 4.68. The third-order valence-corrected chi connectivity index (χ3v) is 3.84. The van der Waals surface area contributed by atoms with Gasteiger partial charge in [0.05, 0.1) is 0 Å². The SMILES string of the molecule is C=CC(=O)Sc1cccc2ccsc12. The van der Waals surface area contributed by atoms with E-state index in [1.807, 2.05) is 23.6 Å². The van der Waals surface area contributed by atoms with Crippen molar-refractivity contribution < 1.29 is 4.79 Å². The minimum absolute atomic E-state index is 0.00843. The summed E-state index contributed by atoms with van der Waals surface area (Å²) in [5.41, 5.74) is 0. The summed E-state index contributed by atoms with van der Waals surface area (Å²) in [5.74, 6) is 0. The van der Waals surface area contributed by atoms with Crippen molar-refractivity contribution in [1.82, 2.24) is 0 Å². The number of carbonyl (C=O) groups is 1. The second kappa shape index (κ2) is 3.98. The second-order valence-electron chi connectivity index (χ2n) is 2.72. The van der Waals surface area contributed by atoms with Gasteiger partial charge in [-0.05, 0) is 40.7 Å². The van der Waals surface area contributed by atoms with Crippen LogP contribution in [-0.2, 0) is 4.79 Å². The Bertz CT molecular complexity index is 485. The van der Waals surface area contributed by atoms with Crippen molar-refractivity contribution in [2.75, 3.05) is 0 Å². The normalized spacial score (nSPS) is 10.3. The molecule has 0 atom stereocenters. The minimum Gasteiger partial charge on any atom is -0.282 e. The van der Waals surface area contributed by atoms with Gasteiger partial charge < -0.3 is 0 Å². The number of benzene rings is 1. The summed E-state index contributed by atoms with van der Waals surface area (Å²) in [6.45, 7) is 3.46. The Hall–Kier alpha value is -1.06. The summed E-state index contributed by atoms with van der Waals surface area (Å²) in [6.07, 6.45) is 1.34. The predicted molar refractivity (Wildman–Crippen MR) is 62.9 cm³/mol. The topological polar surface area (TPSA) is 17.1 Å². The first-order chi connectivity index (χ1) is 6.81. The quantitative estimate of drug-likeness (QED) is 0.567. The average molecular weight is 220 g/mol. The first-order valence-corrected chi connectivity index (χ1v) is 5.81. The van der Waals surface area contributed by atoms with Crippen LogP contribution in [0, 0.1) is 0 Å². The lowest BCUT2D eigenvalue weighted by molar-refractivity contribution is -0.107. The first kappa shape index (κ1) is 9.49. The molecule has 0 aliphatic heterocycles. The molecule has 0 unspecified atom stereocenters. The largest absolute Gasteiger partial charge is 0.282 e. The van der Waals surface area contributed by atoms with Crippen molar-refractivity contribution in [3.63, 3.8) is 0 Å². The number of hydrogen-bond donors (Lipinski definition) is 0. The number of fused-ring (bicyclic) bond motifs is 1. The van der Waals surface area contributed by atoms with E-state index in [4.69, 9.17) is 0 Å². The lowest BCUT2D eigenvalue weighted by atomic mass is 10.3. The van der Waals surface area contributed by atoms with Gasteiger partial charge in [-0.2, -0.15) is 0 Å². The van der Waals surface area contributed by atoms with Crippen molar-refractivity contribution >= 4 is 38.3 Å². The van der Waals surface area contributed by atoms with Gasteiger partial charge in [0.2, 0.25) is 5.12 Å². The van der Waals surface area contributed by atoms with E-state index in [9.17, 15) is 4.79 Å². The highest BCUT2D eigenvalue weighted by Crippen LogP contribution is 2.32. The van der Waals surface area contributed by atoms with Crippen LogP contribution in [0.3, 0.4) is 0 Å². The van der Waals surface area contributed by atoms with Gasteiger partial charge in [0.15, 0.2) is 0 Å². The van der Waals surface area contributed by atoms with Crippen molar-refractivity contribution in [3.8, 4) is 0 Å². The van der Waals surface area contributed by atoms with Crippen LogP contribution in [0.2, 0.25) is 0 Å². The molecule has 2 aromatic rings. The molecule has 2 rings (SSSR count). The van der Waals surface area contributed by atoms with Crippen molar-refractivity contribution in [2.24, 2.45) is 0 Å². The third kappa shape index (κ3) is 1.74. The number of rotatable bonds is 2. The summed E-state index contributed by atoms with van der Waals surface area (Å²) in [7, 11) is 0. The summed E-state index contributed by atoms with van der Waals surface area (Å²) in [6, 6.07) is 8.04. The Kier molecular flexibility index (Phi) is 2.70. The monoisotopic (exact) mass is 220 g/mol. The molecule has 0 aliphatic carbocycles. The third-order valence-electron chi connectivity index (χ3n) is 1.82. The van der Waals surface area contributed by atoms with E-state index < -0.39 is 0 Å². The summed E-state index contributed by atoms with van der Waals surface area (Å²) in [5, 5.41) is 3.22. The highest BCUT2D eigenvalue weighted by atomic mass is 32.2. The fourth-order valence-corrected chi connectivity index (χ4v) is 2.93. The van der Waals surface area contributed by atoms with E-state index in [0.717, 1.165) is 4.90 Å². The standard InChI is InChI=1S/C11H8OS2/c1-2-10(12)14-9-5-3-4-8-6-7-13-11(8)9/h2-7H,1H2. The zero-order valence-electron chi connectivity index (χ0n) is 7.40. The minimum atomic E-state index is -0.00843. The van der Waals surface area contributed by atoms with E-state index in [2.05, 4.69) is 12.6 Å². The molecule has 0 saturated carbocycles. The molecule has 1 aromatic heterocycles. The van der Waals surface area contributed by atoms with E-state index >= 15 is 0 Å².